The van der Waals surface area contributed by atoms with Crippen LogP contribution in [0, 0.1) is 5.82 Å². The van der Waals surface area contributed by atoms with Crippen molar-refractivity contribution < 1.29 is 9.13 Å². The lowest BCUT2D eigenvalue weighted by Gasteiger charge is -2.30. The molecule has 0 fully saturated rings. The van der Waals surface area contributed by atoms with Crippen LogP contribution < -0.4 is 10.5 Å². The number of hydrogen-bond acceptors (Lipinski definition) is 2. The van der Waals surface area contributed by atoms with E-state index in [4.69, 9.17) is 10.5 Å². The number of ether oxygens (including phenoxy) is 1. The van der Waals surface area contributed by atoms with Gasteiger partial charge < -0.3 is 10.5 Å². The van der Waals surface area contributed by atoms with E-state index in [2.05, 4.69) is 6.92 Å². The Balaban J connectivity index is 2.25. The highest BCUT2D eigenvalue weighted by Crippen LogP contribution is 2.34. The highest BCUT2D eigenvalue weighted by atomic mass is 19.1. The molecule has 2 atom stereocenters. The summed E-state index contributed by atoms with van der Waals surface area (Å²) in [6.45, 7) is 2.11. The topological polar surface area (TPSA) is 35.2 Å². The molecule has 2 N–H and O–H groups in total. The van der Waals surface area contributed by atoms with Crippen LogP contribution in [-0.4, -0.2) is 6.10 Å². The van der Waals surface area contributed by atoms with Crippen LogP contribution in [0.2, 0.25) is 0 Å². The summed E-state index contributed by atoms with van der Waals surface area (Å²) < 4.78 is 18.7. The fourth-order valence-corrected chi connectivity index (χ4v) is 2.05. The molecule has 0 aliphatic carbocycles. The maximum absolute atomic E-state index is 13.0. The van der Waals surface area contributed by atoms with Crippen LogP contribution >= 0.6 is 0 Å². The number of rotatable bonds is 2. The second-order valence-electron chi connectivity index (χ2n) is 4.05. The molecule has 2 nitrogen and oxygen atoms in total. The molecule has 0 amide bonds. The van der Waals surface area contributed by atoms with Gasteiger partial charge in [-0.2, -0.15) is 0 Å². The number of fused-ring (bicyclic) bond motifs is 1. The van der Waals surface area contributed by atoms with E-state index in [0.29, 0.717) is 5.75 Å². The molecule has 1 aromatic rings. The molecule has 0 saturated carbocycles. The smallest absolute Gasteiger partial charge is 0.127 e. The van der Waals surface area contributed by atoms with Gasteiger partial charge in [0.1, 0.15) is 17.7 Å². The SMILES string of the molecule is CCCC1C[C@H](N)c2ccc(F)cc2O1. The van der Waals surface area contributed by atoms with Crippen LogP contribution in [0.5, 0.6) is 5.75 Å². The zero-order valence-corrected chi connectivity index (χ0v) is 8.87. The van der Waals surface area contributed by atoms with Gasteiger partial charge in [0.05, 0.1) is 0 Å². The maximum atomic E-state index is 13.0. The van der Waals surface area contributed by atoms with Crippen LogP contribution in [-0.2, 0) is 0 Å². The largest absolute Gasteiger partial charge is 0.490 e. The summed E-state index contributed by atoms with van der Waals surface area (Å²) in [5, 5.41) is 0. The average molecular weight is 209 g/mol. The van der Waals surface area contributed by atoms with Crippen molar-refractivity contribution in [3.8, 4) is 5.75 Å². The summed E-state index contributed by atoms with van der Waals surface area (Å²) in [4.78, 5) is 0. The molecule has 1 aromatic carbocycles. The fourth-order valence-electron chi connectivity index (χ4n) is 2.05. The fraction of sp³-hybridized carbons (Fsp3) is 0.500. The van der Waals surface area contributed by atoms with Gasteiger partial charge in [0, 0.05) is 24.1 Å². The summed E-state index contributed by atoms with van der Waals surface area (Å²) in [5.41, 5.74) is 6.93. The monoisotopic (exact) mass is 209 g/mol. The molecular formula is C12H16FNO. The zero-order chi connectivity index (χ0) is 10.8. The first kappa shape index (κ1) is 10.4. The van der Waals surface area contributed by atoms with Crippen LogP contribution in [0.1, 0.15) is 37.8 Å². The molecule has 0 saturated heterocycles. The van der Waals surface area contributed by atoms with Crippen molar-refractivity contribution >= 4 is 0 Å². The van der Waals surface area contributed by atoms with Crippen molar-refractivity contribution in [1.82, 2.24) is 0 Å². The quantitative estimate of drug-likeness (QED) is 0.812. The molecule has 3 heteroatoms. The second kappa shape index (κ2) is 4.19. The molecule has 1 aliphatic heterocycles. The predicted molar refractivity (Wildman–Crippen MR) is 57.3 cm³/mol. The third-order valence-electron chi connectivity index (χ3n) is 2.80. The van der Waals surface area contributed by atoms with E-state index in [1.54, 1.807) is 6.07 Å². The van der Waals surface area contributed by atoms with Gasteiger partial charge in [0.25, 0.3) is 0 Å². The number of hydrogen-bond donors (Lipinski definition) is 1. The first-order chi connectivity index (χ1) is 7.20. The molecule has 15 heavy (non-hydrogen) atoms. The lowest BCUT2D eigenvalue weighted by Crippen LogP contribution is -2.29. The Morgan fingerprint density at radius 1 is 1.53 bits per heavy atom. The molecule has 1 aliphatic rings. The van der Waals surface area contributed by atoms with Gasteiger partial charge in [0.2, 0.25) is 0 Å². The van der Waals surface area contributed by atoms with Crippen LogP contribution in [0.25, 0.3) is 0 Å². The second-order valence-corrected chi connectivity index (χ2v) is 4.05. The standard InChI is InChI=1S/C12H16FNO/c1-2-3-9-7-11(14)10-5-4-8(13)6-12(10)15-9/h4-6,9,11H,2-3,7,14H2,1H3/t9?,11-/m0/s1. The van der Waals surface area contributed by atoms with Crippen molar-refractivity contribution in [1.29, 1.82) is 0 Å². The molecular weight excluding hydrogens is 193 g/mol. The molecule has 82 valence electrons. The van der Waals surface area contributed by atoms with Crippen molar-refractivity contribution in [2.75, 3.05) is 0 Å². The van der Waals surface area contributed by atoms with Gasteiger partial charge in [-0.15, -0.1) is 0 Å². The lowest BCUT2D eigenvalue weighted by atomic mass is 9.95. The Kier molecular flexibility index (Phi) is 2.91. The third-order valence-corrected chi connectivity index (χ3v) is 2.80. The van der Waals surface area contributed by atoms with Gasteiger partial charge in [-0.05, 0) is 12.5 Å². The minimum absolute atomic E-state index is 0.0223. The van der Waals surface area contributed by atoms with E-state index >= 15 is 0 Å². The van der Waals surface area contributed by atoms with E-state index in [9.17, 15) is 4.39 Å². The summed E-state index contributed by atoms with van der Waals surface area (Å²) >= 11 is 0. The molecule has 0 aromatic heterocycles. The molecule has 0 radical (unpaired) electrons. The molecule has 2 rings (SSSR count). The van der Waals surface area contributed by atoms with E-state index in [-0.39, 0.29) is 18.0 Å². The molecule has 1 heterocycles. The lowest BCUT2D eigenvalue weighted by molar-refractivity contribution is 0.148. The number of halogens is 1. The van der Waals surface area contributed by atoms with Gasteiger partial charge in [-0.3, -0.25) is 0 Å². The highest BCUT2D eigenvalue weighted by molar-refractivity contribution is 5.38. The van der Waals surface area contributed by atoms with E-state index < -0.39 is 0 Å². The Labute approximate surface area is 89.2 Å². The van der Waals surface area contributed by atoms with Crippen LogP contribution in [0.15, 0.2) is 18.2 Å². The van der Waals surface area contributed by atoms with E-state index in [1.807, 2.05) is 0 Å². The summed E-state index contributed by atoms with van der Waals surface area (Å²) in [7, 11) is 0. The first-order valence-electron chi connectivity index (χ1n) is 5.42. The van der Waals surface area contributed by atoms with Gasteiger partial charge in [-0.25, -0.2) is 4.39 Å². The van der Waals surface area contributed by atoms with Gasteiger partial charge >= 0.3 is 0 Å². The summed E-state index contributed by atoms with van der Waals surface area (Å²) in [5.74, 6) is 0.352. The zero-order valence-electron chi connectivity index (χ0n) is 8.87. The van der Waals surface area contributed by atoms with Crippen molar-refractivity contribution in [3.05, 3.63) is 29.6 Å². The average Bonchev–Trinajstić information content (AvgIpc) is 2.17. The Hall–Kier alpha value is -1.09. The predicted octanol–water partition coefficient (Wildman–Crippen LogP) is 2.78. The van der Waals surface area contributed by atoms with Crippen LogP contribution in [0.3, 0.4) is 0 Å². The molecule has 0 spiro atoms. The highest BCUT2D eigenvalue weighted by Gasteiger charge is 2.25. The van der Waals surface area contributed by atoms with E-state index in [0.717, 1.165) is 24.8 Å². The van der Waals surface area contributed by atoms with Crippen molar-refractivity contribution in [2.24, 2.45) is 5.73 Å². The maximum Gasteiger partial charge on any atom is 0.127 e. The Morgan fingerprint density at radius 3 is 3.07 bits per heavy atom. The van der Waals surface area contributed by atoms with Crippen LogP contribution in [0.4, 0.5) is 4.39 Å². The summed E-state index contributed by atoms with van der Waals surface area (Å²) in [6.07, 6.45) is 3.00. The Bertz CT molecular complexity index is 353. The van der Waals surface area contributed by atoms with Crippen molar-refractivity contribution in [3.63, 3.8) is 0 Å². The molecule has 0 bridgehead atoms. The number of benzene rings is 1. The van der Waals surface area contributed by atoms with Gasteiger partial charge in [-0.1, -0.05) is 19.4 Å². The Morgan fingerprint density at radius 2 is 2.33 bits per heavy atom. The summed E-state index contributed by atoms with van der Waals surface area (Å²) in [6, 6.07) is 4.56. The minimum atomic E-state index is -0.266. The minimum Gasteiger partial charge on any atom is -0.490 e. The first-order valence-corrected chi connectivity index (χ1v) is 5.42. The van der Waals surface area contributed by atoms with E-state index in [1.165, 1.54) is 12.1 Å². The molecule has 1 unspecified atom stereocenters. The normalized spacial score (nSPS) is 24.5. The van der Waals surface area contributed by atoms with Gasteiger partial charge in [0.15, 0.2) is 0 Å². The number of nitrogens with two attached hydrogens (primary N) is 1. The third kappa shape index (κ3) is 2.12. The van der Waals surface area contributed by atoms with Crippen molar-refractivity contribution in [2.45, 2.75) is 38.3 Å².